The first-order valence-electron chi connectivity index (χ1n) is 7.24. The predicted octanol–water partition coefficient (Wildman–Crippen LogP) is 1.50. The molecule has 1 fully saturated rings. The van der Waals surface area contributed by atoms with Gasteiger partial charge >= 0.3 is 5.97 Å². The molecule has 5 heteroatoms. The molecular weight excluding hydrogens is 246 g/mol. The van der Waals surface area contributed by atoms with Crippen molar-refractivity contribution in [1.82, 2.24) is 5.32 Å². The number of ether oxygens (including phenoxy) is 3. The lowest BCUT2D eigenvalue weighted by molar-refractivity contribution is -0.155. The van der Waals surface area contributed by atoms with E-state index < -0.39 is 5.54 Å². The Kier molecular flexibility index (Phi) is 7.34. The fourth-order valence-corrected chi connectivity index (χ4v) is 2.57. The van der Waals surface area contributed by atoms with Crippen LogP contribution in [0.4, 0.5) is 0 Å². The van der Waals surface area contributed by atoms with Gasteiger partial charge in [0.25, 0.3) is 0 Å². The molecule has 1 N–H and O–H groups in total. The molecule has 0 bridgehead atoms. The quantitative estimate of drug-likeness (QED) is 0.536. The summed E-state index contributed by atoms with van der Waals surface area (Å²) in [6.45, 7) is 6.11. The van der Waals surface area contributed by atoms with Crippen LogP contribution in [0, 0.1) is 0 Å². The second-order valence-corrected chi connectivity index (χ2v) is 4.84. The number of rotatable bonds is 8. The number of hydrogen-bond acceptors (Lipinski definition) is 5. The first kappa shape index (κ1) is 16.4. The maximum absolute atomic E-state index is 12.1. The summed E-state index contributed by atoms with van der Waals surface area (Å²) in [6.07, 6.45) is 3.56. The van der Waals surface area contributed by atoms with Crippen LogP contribution < -0.4 is 5.32 Å². The Bertz CT molecular complexity index is 272. The minimum absolute atomic E-state index is 0.103. The van der Waals surface area contributed by atoms with E-state index in [0.717, 1.165) is 19.3 Å². The summed E-state index contributed by atoms with van der Waals surface area (Å²) >= 11 is 0. The Hall–Kier alpha value is -0.650. The number of hydrogen-bond donors (Lipinski definition) is 1. The SMILES string of the molecule is CCOCCOC1CCCC(NC)(C(=O)OCC)C1. The summed E-state index contributed by atoms with van der Waals surface area (Å²) in [5.41, 5.74) is -0.579. The van der Waals surface area contributed by atoms with Crippen LogP contribution in [0.1, 0.15) is 39.5 Å². The van der Waals surface area contributed by atoms with Crippen LogP contribution in [0.3, 0.4) is 0 Å². The maximum Gasteiger partial charge on any atom is 0.326 e. The normalized spacial score (nSPS) is 27.2. The molecule has 0 aliphatic heterocycles. The van der Waals surface area contributed by atoms with Crippen molar-refractivity contribution in [2.24, 2.45) is 0 Å². The molecule has 1 aliphatic carbocycles. The minimum atomic E-state index is -0.579. The molecule has 0 radical (unpaired) electrons. The van der Waals surface area contributed by atoms with E-state index in [1.165, 1.54) is 0 Å². The van der Waals surface area contributed by atoms with Crippen molar-refractivity contribution in [3.05, 3.63) is 0 Å². The number of carbonyl (C=O) groups is 1. The molecule has 0 saturated heterocycles. The van der Waals surface area contributed by atoms with Gasteiger partial charge in [-0.2, -0.15) is 0 Å². The van der Waals surface area contributed by atoms with E-state index in [9.17, 15) is 4.79 Å². The summed E-state index contributed by atoms with van der Waals surface area (Å²) in [4.78, 5) is 12.1. The lowest BCUT2D eigenvalue weighted by Crippen LogP contribution is -2.55. The highest BCUT2D eigenvalue weighted by Crippen LogP contribution is 2.31. The third-order valence-corrected chi connectivity index (χ3v) is 3.64. The highest BCUT2D eigenvalue weighted by Gasteiger charge is 2.43. The van der Waals surface area contributed by atoms with Crippen molar-refractivity contribution in [2.45, 2.75) is 51.2 Å². The van der Waals surface area contributed by atoms with Gasteiger partial charge in [0.1, 0.15) is 5.54 Å². The van der Waals surface area contributed by atoms with Crippen LogP contribution in [0.25, 0.3) is 0 Å². The smallest absolute Gasteiger partial charge is 0.326 e. The van der Waals surface area contributed by atoms with E-state index in [4.69, 9.17) is 14.2 Å². The molecule has 2 atom stereocenters. The fourth-order valence-electron chi connectivity index (χ4n) is 2.57. The first-order valence-corrected chi connectivity index (χ1v) is 7.24. The monoisotopic (exact) mass is 273 g/mol. The van der Waals surface area contributed by atoms with E-state index in [2.05, 4.69) is 5.32 Å². The van der Waals surface area contributed by atoms with E-state index >= 15 is 0 Å². The molecule has 0 heterocycles. The molecule has 5 nitrogen and oxygen atoms in total. The first-order chi connectivity index (χ1) is 9.18. The number of nitrogens with one attached hydrogen (secondary N) is 1. The zero-order valence-corrected chi connectivity index (χ0v) is 12.4. The van der Waals surface area contributed by atoms with Crippen LogP contribution in [-0.2, 0) is 19.0 Å². The molecule has 112 valence electrons. The number of esters is 1. The number of likely N-dealkylation sites (N-methyl/N-ethyl adjacent to an activating group) is 1. The van der Waals surface area contributed by atoms with Crippen molar-refractivity contribution in [1.29, 1.82) is 0 Å². The van der Waals surface area contributed by atoms with E-state index in [1.54, 1.807) is 0 Å². The second kappa shape index (κ2) is 8.51. The van der Waals surface area contributed by atoms with Gasteiger partial charge in [0.15, 0.2) is 0 Å². The van der Waals surface area contributed by atoms with Crippen molar-refractivity contribution >= 4 is 5.97 Å². The molecule has 1 saturated carbocycles. The molecule has 0 aromatic heterocycles. The molecule has 1 rings (SSSR count). The van der Waals surface area contributed by atoms with Gasteiger partial charge in [-0.15, -0.1) is 0 Å². The molecule has 2 unspecified atom stereocenters. The van der Waals surface area contributed by atoms with E-state index in [0.29, 0.717) is 32.8 Å². The lowest BCUT2D eigenvalue weighted by Gasteiger charge is -2.38. The highest BCUT2D eigenvalue weighted by atomic mass is 16.5. The van der Waals surface area contributed by atoms with Crippen LogP contribution in [0.2, 0.25) is 0 Å². The topological polar surface area (TPSA) is 56.8 Å². The molecule has 0 spiro atoms. The summed E-state index contributed by atoms with van der Waals surface area (Å²) in [5, 5.41) is 3.15. The zero-order chi connectivity index (χ0) is 14.1. The standard InChI is InChI=1S/C14H27NO4/c1-4-17-9-10-19-12-7-6-8-14(11-12,15-3)13(16)18-5-2/h12,15H,4-11H2,1-3H3. The van der Waals surface area contributed by atoms with Gasteiger partial charge in [-0.1, -0.05) is 0 Å². The average molecular weight is 273 g/mol. The molecule has 0 amide bonds. The Morgan fingerprint density at radius 1 is 1.32 bits per heavy atom. The van der Waals surface area contributed by atoms with Gasteiger partial charge in [0.2, 0.25) is 0 Å². The Balaban J connectivity index is 2.48. The number of carbonyl (C=O) groups excluding carboxylic acids is 1. The average Bonchev–Trinajstić information content (AvgIpc) is 2.44. The van der Waals surface area contributed by atoms with Gasteiger partial charge in [-0.25, -0.2) is 0 Å². The predicted molar refractivity (Wildman–Crippen MR) is 73.1 cm³/mol. The third kappa shape index (κ3) is 4.75. The van der Waals surface area contributed by atoms with Gasteiger partial charge in [0, 0.05) is 13.0 Å². The van der Waals surface area contributed by atoms with E-state index in [-0.39, 0.29) is 12.1 Å². The highest BCUT2D eigenvalue weighted by molar-refractivity contribution is 5.81. The van der Waals surface area contributed by atoms with Crippen LogP contribution in [-0.4, -0.2) is 51.1 Å². The Morgan fingerprint density at radius 3 is 2.74 bits per heavy atom. The Labute approximate surface area is 116 Å². The molecular formula is C14H27NO4. The summed E-state index contributed by atoms with van der Waals surface area (Å²) in [6, 6.07) is 0. The molecule has 0 aromatic rings. The summed E-state index contributed by atoms with van der Waals surface area (Å²) in [5.74, 6) is -0.157. The summed E-state index contributed by atoms with van der Waals surface area (Å²) in [7, 11) is 1.82. The largest absolute Gasteiger partial charge is 0.465 e. The van der Waals surface area contributed by atoms with Gasteiger partial charge in [-0.05, 0) is 40.2 Å². The summed E-state index contributed by atoms with van der Waals surface area (Å²) < 4.78 is 16.2. The van der Waals surface area contributed by atoms with Crippen molar-refractivity contribution in [3.8, 4) is 0 Å². The maximum atomic E-state index is 12.1. The fraction of sp³-hybridized carbons (Fsp3) is 0.929. The molecule has 1 aliphatic rings. The van der Waals surface area contributed by atoms with E-state index in [1.807, 2.05) is 20.9 Å². The van der Waals surface area contributed by atoms with Gasteiger partial charge in [-0.3, -0.25) is 4.79 Å². The van der Waals surface area contributed by atoms with Crippen LogP contribution >= 0.6 is 0 Å². The van der Waals surface area contributed by atoms with Gasteiger partial charge < -0.3 is 19.5 Å². The molecule has 0 aromatic carbocycles. The lowest BCUT2D eigenvalue weighted by atomic mass is 9.80. The minimum Gasteiger partial charge on any atom is -0.465 e. The molecule has 19 heavy (non-hydrogen) atoms. The van der Waals surface area contributed by atoms with Crippen molar-refractivity contribution in [3.63, 3.8) is 0 Å². The van der Waals surface area contributed by atoms with Crippen molar-refractivity contribution < 1.29 is 19.0 Å². The third-order valence-electron chi connectivity index (χ3n) is 3.64. The van der Waals surface area contributed by atoms with Gasteiger partial charge in [0.05, 0.1) is 25.9 Å². The Morgan fingerprint density at radius 2 is 2.11 bits per heavy atom. The second-order valence-electron chi connectivity index (χ2n) is 4.84. The van der Waals surface area contributed by atoms with Crippen LogP contribution in [0.5, 0.6) is 0 Å². The van der Waals surface area contributed by atoms with Crippen LogP contribution in [0.15, 0.2) is 0 Å². The van der Waals surface area contributed by atoms with Crippen molar-refractivity contribution in [2.75, 3.05) is 33.5 Å². The zero-order valence-electron chi connectivity index (χ0n) is 12.4.